The van der Waals surface area contributed by atoms with Crippen molar-refractivity contribution in [3.05, 3.63) is 235 Å². The molecule has 0 saturated carbocycles. The van der Waals surface area contributed by atoms with Crippen LogP contribution in [0.25, 0.3) is 121 Å². The van der Waals surface area contributed by atoms with Crippen LogP contribution in [0.2, 0.25) is 0 Å². The molecule has 2 aliphatic rings. The first-order valence-electron chi connectivity index (χ1n) is 24.7. The molecular formula is C69H50O. The maximum absolute atomic E-state index is 5.56. The number of hydrogen-bond donors (Lipinski definition) is 0. The van der Waals surface area contributed by atoms with Gasteiger partial charge in [0.25, 0.3) is 0 Å². The van der Waals surface area contributed by atoms with Crippen LogP contribution in [0.4, 0.5) is 0 Å². The molecule has 0 spiro atoms. The number of benzene rings is 12. The predicted molar refractivity (Wildman–Crippen MR) is 297 cm³/mol. The van der Waals surface area contributed by atoms with Crippen LogP contribution in [0.3, 0.4) is 0 Å². The van der Waals surface area contributed by atoms with Gasteiger partial charge in [-0.3, -0.25) is 0 Å². The zero-order valence-electron chi connectivity index (χ0n) is 40.1. The number of rotatable bonds is 5. The zero-order chi connectivity index (χ0) is 47.0. The summed E-state index contributed by atoms with van der Waals surface area (Å²) in [5.74, 6) is 0.872. The molecule has 70 heavy (non-hydrogen) atoms. The molecule has 0 aliphatic heterocycles. The molecule has 332 valence electrons. The molecule has 0 atom stereocenters. The summed E-state index contributed by atoms with van der Waals surface area (Å²) in [4.78, 5) is 0. The first-order chi connectivity index (χ1) is 34.2. The third kappa shape index (κ3) is 5.73. The van der Waals surface area contributed by atoms with E-state index in [9.17, 15) is 0 Å². The second-order valence-corrected chi connectivity index (χ2v) is 20.7. The summed E-state index contributed by atoms with van der Waals surface area (Å²) in [7, 11) is 1.73. The maximum Gasteiger partial charge on any atom is 0.119 e. The van der Waals surface area contributed by atoms with Crippen molar-refractivity contribution in [2.75, 3.05) is 7.11 Å². The van der Waals surface area contributed by atoms with Crippen molar-refractivity contribution >= 4 is 53.9 Å². The van der Waals surface area contributed by atoms with Crippen LogP contribution in [0.15, 0.2) is 212 Å². The van der Waals surface area contributed by atoms with E-state index in [-0.39, 0.29) is 10.8 Å². The first-order valence-corrected chi connectivity index (χ1v) is 24.7. The van der Waals surface area contributed by atoms with Crippen molar-refractivity contribution < 1.29 is 4.74 Å². The summed E-state index contributed by atoms with van der Waals surface area (Å²) >= 11 is 0. The highest BCUT2D eigenvalue weighted by Gasteiger charge is 2.38. The fraction of sp³-hybridized carbons (Fsp3) is 0.101. The Kier molecular flexibility index (Phi) is 8.66. The van der Waals surface area contributed by atoms with Crippen LogP contribution in [0, 0.1) is 0 Å². The summed E-state index contributed by atoms with van der Waals surface area (Å²) in [5.41, 5.74) is 20.7. The minimum atomic E-state index is -0.240. The van der Waals surface area contributed by atoms with Gasteiger partial charge in [-0.25, -0.2) is 0 Å². The normalized spacial score (nSPS) is 14.0. The minimum Gasteiger partial charge on any atom is -0.497 e. The summed E-state index contributed by atoms with van der Waals surface area (Å²) in [5, 5.41) is 12.5. The van der Waals surface area contributed by atoms with Gasteiger partial charge in [-0.05, 0) is 179 Å². The van der Waals surface area contributed by atoms with Gasteiger partial charge in [-0.1, -0.05) is 204 Å². The smallest absolute Gasteiger partial charge is 0.119 e. The van der Waals surface area contributed by atoms with Gasteiger partial charge in [0.05, 0.1) is 7.11 Å². The van der Waals surface area contributed by atoms with E-state index < -0.39 is 0 Å². The Balaban J connectivity index is 0.904. The molecule has 2 aliphatic carbocycles. The molecule has 12 aromatic carbocycles. The van der Waals surface area contributed by atoms with Crippen LogP contribution in [-0.2, 0) is 10.8 Å². The van der Waals surface area contributed by atoms with Gasteiger partial charge in [-0.2, -0.15) is 0 Å². The van der Waals surface area contributed by atoms with E-state index in [2.05, 4.69) is 240 Å². The van der Waals surface area contributed by atoms with Gasteiger partial charge in [0, 0.05) is 10.8 Å². The molecule has 0 saturated heterocycles. The monoisotopic (exact) mass is 894 g/mol. The van der Waals surface area contributed by atoms with E-state index >= 15 is 0 Å². The molecule has 0 radical (unpaired) electrons. The largest absolute Gasteiger partial charge is 0.497 e. The summed E-state index contributed by atoms with van der Waals surface area (Å²) in [6.07, 6.45) is 0. The molecule has 0 unspecified atom stereocenters. The Hall–Kier alpha value is -8.26. The lowest BCUT2D eigenvalue weighted by Crippen LogP contribution is -2.15. The number of ether oxygens (including phenoxy) is 1. The van der Waals surface area contributed by atoms with Crippen molar-refractivity contribution in [2.24, 2.45) is 0 Å². The molecule has 0 heterocycles. The van der Waals surface area contributed by atoms with Gasteiger partial charge < -0.3 is 4.74 Å². The third-order valence-electron chi connectivity index (χ3n) is 16.3. The van der Waals surface area contributed by atoms with Crippen molar-refractivity contribution in [1.82, 2.24) is 0 Å². The van der Waals surface area contributed by atoms with E-state index in [1.165, 1.54) is 143 Å². The molecule has 14 rings (SSSR count). The fourth-order valence-electron chi connectivity index (χ4n) is 12.9. The van der Waals surface area contributed by atoms with E-state index in [1.807, 2.05) is 0 Å². The molecule has 1 heteroatoms. The SMILES string of the molecule is COc1ccc2cc(-c3c4ccccc4c(-c4ccc5c(c4)C(C)(C)c4cc(-c6c7ccccc7c(-c7ccc8c(c7)C(C)(C)c7ccccc7-8)c7ccccc67)ccc4-5)c4ccccc34)ccc2c1. The second kappa shape index (κ2) is 14.9. The van der Waals surface area contributed by atoms with Crippen molar-refractivity contribution in [3.8, 4) is 72.5 Å². The Labute approximate surface area is 409 Å². The van der Waals surface area contributed by atoms with E-state index in [1.54, 1.807) is 7.11 Å². The van der Waals surface area contributed by atoms with E-state index in [0.717, 1.165) is 5.75 Å². The molecular weight excluding hydrogens is 845 g/mol. The molecule has 0 amide bonds. The number of methoxy groups -OCH3 is 1. The minimum absolute atomic E-state index is 0.0795. The number of hydrogen-bond acceptors (Lipinski definition) is 1. The van der Waals surface area contributed by atoms with Crippen molar-refractivity contribution in [1.29, 1.82) is 0 Å². The molecule has 0 aromatic heterocycles. The van der Waals surface area contributed by atoms with E-state index in [4.69, 9.17) is 4.74 Å². The van der Waals surface area contributed by atoms with Gasteiger partial charge >= 0.3 is 0 Å². The quantitative estimate of drug-likeness (QED) is 0.156. The van der Waals surface area contributed by atoms with Crippen LogP contribution in [0.5, 0.6) is 5.75 Å². The maximum atomic E-state index is 5.56. The van der Waals surface area contributed by atoms with Crippen LogP contribution in [0.1, 0.15) is 49.9 Å². The Morgan fingerprint density at radius 2 is 0.571 bits per heavy atom. The van der Waals surface area contributed by atoms with Crippen LogP contribution < -0.4 is 4.74 Å². The summed E-state index contributed by atoms with van der Waals surface area (Å²) in [6, 6.07) is 80.0. The van der Waals surface area contributed by atoms with Crippen molar-refractivity contribution in [3.63, 3.8) is 0 Å². The lowest BCUT2D eigenvalue weighted by Gasteiger charge is -2.24. The first kappa shape index (κ1) is 40.8. The lowest BCUT2D eigenvalue weighted by molar-refractivity contribution is 0.415. The fourth-order valence-corrected chi connectivity index (χ4v) is 12.9. The second-order valence-electron chi connectivity index (χ2n) is 20.7. The summed E-state index contributed by atoms with van der Waals surface area (Å²) < 4.78 is 5.56. The molecule has 0 bridgehead atoms. The highest BCUT2D eigenvalue weighted by atomic mass is 16.5. The Bertz CT molecular complexity index is 4110. The number of fused-ring (bicyclic) bond motifs is 11. The molecule has 1 nitrogen and oxygen atoms in total. The standard InChI is InChI=1S/C69H50O/c1-68(2)60-25-15-14-16-48(60)49-33-29-44(38-61(49)68)65-56-21-10-12-23-58(56)67(59-24-13-11-22-57(59)65)46-31-35-51-50-34-30-45(39-62(50)69(3,4)63(51)40-46)66-54-19-8-6-17-52(54)64(53-18-7-9-20-55(53)66)43-27-26-42-37-47(70-5)32-28-41(42)36-43/h6-40H,1-5H3. The third-order valence-corrected chi connectivity index (χ3v) is 16.3. The van der Waals surface area contributed by atoms with Crippen LogP contribution >= 0.6 is 0 Å². The molecule has 0 N–H and O–H groups in total. The summed E-state index contributed by atoms with van der Waals surface area (Å²) in [6.45, 7) is 9.60. The highest BCUT2D eigenvalue weighted by molar-refractivity contribution is 6.23. The predicted octanol–water partition coefficient (Wildman–Crippen LogP) is 18.7. The lowest BCUT2D eigenvalue weighted by atomic mass is 9.79. The molecule has 12 aromatic rings. The Morgan fingerprint density at radius 3 is 0.971 bits per heavy atom. The zero-order valence-corrected chi connectivity index (χ0v) is 40.1. The highest BCUT2D eigenvalue weighted by Crippen LogP contribution is 2.55. The van der Waals surface area contributed by atoms with E-state index in [0.29, 0.717) is 0 Å². The van der Waals surface area contributed by atoms with Gasteiger partial charge in [-0.15, -0.1) is 0 Å². The van der Waals surface area contributed by atoms with Crippen LogP contribution in [-0.4, -0.2) is 7.11 Å². The van der Waals surface area contributed by atoms with Gasteiger partial charge in [0.1, 0.15) is 5.75 Å². The molecule has 0 fully saturated rings. The van der Waals surface area contributed by atoms with Crippen molar-refractivity contribution in [2.45, 2.75) is 38.5 Å². The Morgan fingerprint density at radius 1 is 0.271 bits per heavy atom. The average Bonchev–Trinajstić information content (AvgIpc) is 3.77. The topological polar surface area (TPSA) is 9.23 Å². The average molecular weight is 895 g/mol. The van der Waals surface area contributed by atoms with Gasteiger partial charge in [0.15, 0.2) is 0 Å². The van der Waals surface area contributed by atoms with Gasteiger partial charge in [0.2, 0.25) is 0 Å².